The van der Waals surface area contributed by atoms with Gasteiger partial charge in [0.05, 0.1) is 17.7 Å². The van der Waals surface area contributed by atoms with Gasteiger partial charge in [0.2, 0.25) is 0 Å². The van der Waals surface area contributed by atoms with E-state index in [1.165, 1.54) is 24.1 Å². The molecule has 110 valence electrons. The Hall–Kier alpha value is -1.75. The van der Waals surface area contributed by atoms with Gasteiger partial charge in [-0.2, -0.15) is 0 Å². The number of carbonyl (C=O) groups is 2. The molecule has 20 heavy (non-hydrogen) atoms. The van der Waals surface area contributed by atoms with Gasteiger partial charge < -0.3 is 9.47 Å². The van der Waals surface area contributed by atoms with Gasteiger partial charge in [-0.05, 0) is 39.0 Å². The van der Waals surface area contributed by atoms with E-state index in [1.54, 1.807) is 33.9 Å². The van der Waals surface area contributed by atoms with Crippen molar-refractivity contribution in [3.63, 3.8) is 0 Å². The van der Waals surface area contributed by atoms with E-state index in [4.69, 9.17) is 16.3 Å². The second-order valence-electron chi connectivity index (χ2n) is 5.20. The average molecular weight is 300 g/mol. The number of carbonyl (C=O) groups excluding carboxylic acids is 2. The van der Waals surface area contributed by atoms with Crippen molar-refractivity contribution in [2.24, 2.45) is 0 Å². The summed E-state index contributed by atoms with van der Waals surface area (Å²) in [5.74, 6) is -0.526. The zero-order chi connectivity index (χ0) is 15.5. The zero-order valence-electron chi connectivity index (χ0n) is 12.2. The SMILES string of the molecule is COC(=O)c1ccc(N(C)C(=O)OC(C)(C)C)cc1Cl. The highest BCUT2D eigenvalue weighted by Gasteiger charge is 2.21. The van der Waals surface area contributed by atoms with E-state index >= 15 is 0 Å². The first-order valence-corrected chi connectivity index (χ1v) is 6.38. The second kappa shape index (κ2) is 6.13. The Labute approximate surface area is 123 Å². The van der Waals surface area contributed by atoms with Gasteiger partial charge in [-0.1, -0.05) is 11.6 Å². The number of hydrogen-bond donors (Lipinski definition) is 0. The molecule has 0 fully saturated rings. The van der Waals surface area contributed by atoms with Crippen LogP contribution in [0.5, 0.6) is 0 Å². The molecule has 0 heterocycles. The minimum absolute atomic E-state index is 0.213. The van der Waals surface area contributed by atoms with E-state index in [1.807, 2.05) is 0 Å². The average Bonchev–Trinajstić information content (AvgIpc) is 2.34. The molecule has 0 aliphatic carbocycles. The minimum Gasteiger partial charge on any atom is -0.465 e. The quantitative estimate of drug-likeness (QED) is 0.784. The predicted octanol–water partition coefficient (Wildman–Crippen LogP) is 3.50. The summed E-state index contributed by atoms with van der Waals surface area (Å²) in [4.78, 5) is 24.7. The molecule has 1 rings (SSSR count). The predicted molar refractivity (Wildman–Crippen MR) is 77.4 cm³/mol. The van der Waals surface area contributed by atoms with Crippen LogP contribution < -0.4 is 4.90 Å². The van der Waals surface area contributed by atoms with Crippen molar-refractivity contribution in [2.75, 3.05) is 19.1 Å². The molecule has 0 bridgehead atoms. The fourth-order valence-electron chi connectivity index (χ4n) is 1.42. The summed E-state index contributed by atoms with van der Waals surface area (Å²) < 4.78 is 9.85. The maximum absolute atomic E-state index is 11.9. The number of methoxy groups -OCH3 is 1. The first kappa shape index (κ1) is 16.3. The number of benzene rings is 1. The maximum atomic E-state index is 11.9. The van der Waals surface area contributed by atoms with Crippen LogP contribution in [0.1, 0.15) is 31.1 Å². The van der Waals surface area contributed by atoms with Crippen LogP contribution in [0.25, 0.3) is 0 Å². The normalized spacial score (nSPS) is 10.9. The number of rotatable bonds is 2. The van der Waals surface area contributed by atoms with E-state index in [-0.39, 0.29) is 10.6 Å². The first-order valence-electron chi connectivity index (χ1n) is 6.00. The van der Waals surface area contributed by atoms with E-state index in [0.717, 1.165) is 0 Å². The minimum atomic E-state index is -0.582. The molecule has 0 aliphatic heterocycles. The lowest BCUT2D eigenvalue weighted by molar-refractivity contribution is 0.0585. The lowest BCUT2D eigenvalue weighted by atomic mass is 10.2. The van der Waals surface area contributed by atoms with Crippen LogP contribution in [0.2, 0.25) is 5.02 Å². The van der Waals surface area contributed by atoms with Crippen LogP contribution in [-0.2, 0) is 9.47 Å². The topological polar surface area (TPSA) is 55.8 Å². The summed E-state index contributed by atoms with van der Waals surface area (Å²) in [7, 11) is 2.84. The molecule has 0 spiro atoms. The van der Waals surface area contributed by atoms with Crippen molar-refractivity contribution in [1.29, 1.82) is 0 Å². The maximum Gasteiger partial charge on any atom is 0.414 e. The molecule has 6 heteroatoms. The van der Waals surface area contributed by atoms with Crippen molar-refractivity contribution >= 4 is 29.4 Å². The Morgan fingerprint density at radius 2 is 1.85 bits per heavy atom. The van der Waals surface area contributed by atoms with E-state index in [2.05, 4.69) is 4.74 Å². The van der Waals surface area contributed by atoms with Crippen LogP contribution in [0, 0.1) is 0 Å². The molecule has 0 N–H and O–H groups in total. The van der Waals surface area contributed by atoms with Crippen LogP contribution in [0.4, 0.5) is 10.5 Å². The van der Waals surface area contributed by atoms with Crippen LogP contribution in [0.15, 0.2) is 18.2 Å². The molecular formula is C14H18ClNO4. The van der Waals surface area contributed by atoms with Crippen LogP contribution in [0.3, 0.4) is 0 Å². The van der Waals surface area contributed by atoms with Crippen molar-refractivity contribution in [2.45, 2.75) is 26.4 Å². The standard InChI is InChI=1S/C14H18ClNO4/c1-14(2,3)20-13(18)16(4)9-6-7-10(11(15)8-9)12(17)19-5/h6-8H,1-5H3. The highest BCUT2D eigenvalue weighted by molar-refractivity contribution is 6.34. The molecule has 0 unspecified atom stereocenters. The van der Waals surface area contributed by atoms with Gasteiger partial charge in [0.25, 0.3) is 0 Å². The van der Waals surface area contributed by atoms with Gasteiger partial charge in [-0.3, -0.25) is 4.90 Å². The molecule has 0 atom stereocenters. The van der Waals surface area contributed by atoms with E-state index in [9.17, 15) is 9.59 Å². The van der Waals surface area contributed by atoms with Crippen molar-refractivity contribution in [3.8, 4) is 0 Å². The highest BCUT2D eigenvalue weighted by atomic mass is 35.5. The zero-order valence-corrected chi connectivity index (χ0v) is 12.9. The highest BCUT2D eigenvalue weighted by Crippen LogP contribution is 2.24. The fourth-order valence-corrected chi connectivity index (χ4v) is 1.68. The third-order valence-corrected chi connectivity index (χ3v) is 2.73. The molecule has 0 aliphatic rings. The number of halogens is 1. The van der Waals surface area contributed by atoms with Crippen molar-refractivity contribution < 1.29 is 19.1 Å². The number of hydrogen-bond acceptors (Lipinski definition) is 4. The molecule has 0 saturated carbocycles. The number of nitrogens with zero attached hydrogens (tertiary/aromatic N) is 1. The molecule has 1 aromatic carbocycles. The Kier molecular flexibility index (Phi) is 5.00. The molecule has 1 aromatic rings. The van der Waals surface area contributed by atoms with Gasteiger partial charge >= 0.3 is 12.1 Å². The Bertz CT molecular complexity index is 522. The third-order valence-electron chi connectivity index (χ3n) is 2.41. The largest absolute Gasteiger partial charge is 0.465 e. The van der Waals surface area contributed by atoms with Crippen LogP contribution >= 0.6 is 11.6 Å². The third kappa shape index (κ3) is 4.13. The summed E-state index contributed by atoms with van der Waals surface area (Å²) in [6.07, 6.45) is -0.501. The summed E-state index contributed by atoms with van der Waals surface area (Å²) in [5.41, 5.74) is 0.189. The fraction of sp³-hybridized carbons (Fsp3) is 0.429. The molecule has 0 radical (unpaired) electrons. The van der Waals surface area contributed by atoms with Gasteiger partial charge in [0.15, 0.2) is 0 Å². The summed E-state index contributed by atoms with van der Waals surface area (Å²) in [5, 5.41) is 0.213. The van der Waals surface area contributed by atoms with Gasteiger partial charge in [-0.25, -0.2) is 9.59 Å². The monoisotopic (exact) mass is 299 g/mol. The van der Waals surface area contributed by atoms with E-state index < -0.39 is 17.7 Å². The lowest BCUT2D eigenvalue weighted by Crippen LogP contribution is -2.34. The Morgan fingerprint density at radius 3 is 2.30 bits per heavy atom. The Balaban J connectivity index is 2.95. The number of amides is 1. The van der Waals surface area contributed by atoms with Gasteiger partial charge in [-0.15, -0.1) is 0 Å². The smallest absolute Gasteiger partial charge is 0.414 e. The van der Waals surface area contributed by atoms with Crippen molar-refractivity contribution in [1.82, 2.24) is 0 Å². The summed E-state index contributed by atoms with van der Waals surface area (Å²) >= 11 is 6.01. The van der Waals surface area contributed by atoms with Gasteiger partial charge in [0, 0.05) is 12.7 Å². The number of ether oxygens (including phenoxy) is 2. The number of anilines is 1. The van der Waals surface area contributed by atoms with Crippen molar-refractivity contribution in [3.05, 3.63) is 28.8 Å². The Morgan fingerprint density at radius 1 is 1.25 bits per heavy atom. The molecule has 0 aromatic heterocycles. The second-order valence-corrected chi connectivity index (χ2v) is 5.60. The van der Waals surface area contributed by atoms with Crippen LogP contribution in [-0.4, -0.2) is 31.8 Å². The summed E-state index contributed by atoms with van der Waals surface area (Å²) in [6.45, 7) is 5.35. The lowest BCUT2D eigenvalue weighted by Gasteiger charge is -2.24. The molecule has 0 saturated heterocycles. The number of esters is 1. The molecule has 5 nitrogen and oxygen atoms in total. The summed E-state index contributed by atoms with van der Waals surface area (Å²) in [6, 6.07) is 4.62. The van der Waals surface area contributed by atoms with E-state index in [0.29, 0.717) is 5.69 Å². The van der Waals surface area contributed by atoms with Gasteiger partial charge in [0.1, 0.15) is 5.60 Å². The molecule has 1 amide bonds. The first-order chi connectivity index (χ1) is 9.15. The molecular weight excluding hydrogens is 282 g/mol.